The minimum absolute atomic E-state index is 0.0606. The van der Waals surface area contributed by atoms with Gasteiger partial charge in [0.2, 0.25) is 0 Å². The van der Waals surface area contributed by atoms with E-state index in [-0.39, 0.29) is 34.7 Å². The number of benzene rings is 3. The summed E-state index contributed by atoms with van der Waals surface area (Å²) in [5.41, 5.74) is 7.07. The van der Waals surface area contributed by atoms with Crippen molar-refractivity contribution < 1.29 is 37.5 Å². The van der Waals surface area contributed by atoms with E-state index >= 15 is 0 Å². The standard InChI is InChI=1S/C64H80N12O9S/c1-43-6-4-5-7-51(43)58-41-70(38-45-30-59(83-3)61(67-37-45)72-24-27-84-28-25-72)22-23-74(58)48-34-64(35-48)17-20-71(21-18-64)47-8-10-52(55(32-47)75-39-49-42-85-29-26-73(49)40-54-56(75)31-46-14-19-65-60(46)68-54)62(77)69-86(81,82)50-9-11-53(57(33-50)76(79)80)66-36-44-12-15-63(2,78)16-13-44/h4-11,14,19,30-33,37,44,48-49,58,66,78H,12-13,15-18,20-29,34-36,38-42H2,1-3H3,(H,65,68)(H,69,77)/t44?,49-,58+,63?/m1/s1. The average molecular weight is 1190 g/mol. The first kappa shape index (κ1) is 58.1. The lowest BCUT2D eigenvalue weighted by Crippen LogP contribution is -2.59. The van der Waals surface area contributed by atoms with Gasteiger partial charge in [-0.3, -0.25) is 29.6 Å². The van der Waals surface area contributed by atoms with Crippen molar-refractivity contribution in [1.29, 1.82) is 0 Å². The quantitative estimate of drug-likeness (QED) is 0.0562. The Hall–Kier alpha value is -6.92. The number of nitrogens with one attached hydrogen (secondary N) is 3. The molecular formula is C64H80N12O9S. The van der Waals surface area contributed by atoms with E-state index in [4.69, 9.17) is 24.2 Å². The van der Waals surface area contributed by atoms with Gasteiger partial charge in [0.15, 0.2) is 11.6 Å². The molecule has 6 fully saturated rings. The second-order valence-electron chi connectivity index (χ2n) is 25.4. The number of methoxy groups -OCH3 is 1. The number of nitro groups is 1. The number of aromatic amines is 1. The molecule has 6 aromatic rings. The molecule has 2 aliphatic carbocycles. The number of amides is 1. The Kier molecular flexibility index (Phi) is 16.2. The van der Waals surface area contributed by atoms with Crippen LogP contribution in [0.3, 0.4) is 0 Å². The average Bonchev–Trinajstić information content (AvgIpc) is 1.44. The van der Waals surface area contributed by atoms with Gasteiger partial charge in [0.1, 0.15) is 11.3 Å². The fourth-order valence-electron chi connectivity index (χ4n) is 14.7. The number of carbonyl (C=O) groups excluding carboxylic acids is 1. The fraction of sp³-hybridized carbons (Fsp3) is 0.516. The Morgan fingerprint density at radius 2 is 1.67 bits per heavy atom. The molecule has 0 unspecified atom stereocenters. The Bertz CT molecular complexity index is 3590. The number of pyridine rings is 2. The van der Waals surface area contributed by atoms with Crippen LogP contribution in [-0.2, 0) is 32.6 Å². The van der Waals surface area contributed by atoms with Gasteiger partial charge in [0.25, 0.3) is 21.6 Å². The van der Waals surface area contributed by atoms with E-state index < -0.39 is 37.0 Å². The van der Waals surface area contributed by atoms with E-state index in [1.165, 1.54) is 23.3 Å². The molecule has 3 aromatic heterocycles. The monoisotopic (exact) mass is 1190 g/mol. The molecule has 1 spiro atoms. The molecule has 3 aromatic carbocycles. The number of morpholine rings is 2. The summed E-state index contributed by atoms with van der Waals surface area (Å²) in [4.78, 5) is 54.2. The number of hydrogen-bond donors (Lipinski definition) is 4. The Morgan fingerprint density at radius 3 is 2.45 bits per heavy atom. The number of hydrogen-bond acceptors (Lipinski definition) is 18. The Morgan fingerprint density at radius 1 is 0.884 bits per heavy atom. The highest BCUT2D eigenvalue weighted by Crippen LogP contribution is 2.54. The lowest BCUT2D eigenvalue weighted by atomic mass is 9.59. The van der Waals surface area contributed by atoms with E-state index in [1.807, 2.05) is 37.5 Å². The molecule has 7 aliphatic rings. The van der Waals surface area contributed by atoms with Gasteiger partial charge in [0, 0.05) is 120 Å². The first-order valence-electron chi connectivity index (χ1n) is 30.7. The maximum Gasteiger partial charge on any atom is 0.293 e. The molecular weight excluding hydrogens is 1110 g/mol. The number of nitro benzene ring substituents is 1. The van der Waals surface area contributed by atoms with Gasteiger partial charge in [-0.25, -0.2) is 23.1 Å². The molecule has 0 radical (unpaired) electrons. The van der Waals surface area contributed by atoms with E-state index in [0.717, 1.165) is 142 Å². The predicted octanol–water partition coefficient (Wildman–Crippen LogP) is 8.15. The number of fused-ring (bicyclic) bond motifs is 3. The minimum atomic E-state index is -4.63. The van der Waals surface area contributed by atoms with Gasteiger partial charge in [-0.05, 0) is 142 Å². The number of piperidine rings is 1. The first-order chi connectivity index (χ1) is 41.6. The zero-order valence-corrected chi connectivity index (χ0v) is 50.4. The molecule has 5 aliphatic heterocycles. The van der Waals surface area contributed by atoms with Crippen molar-refractivity contribution in [2.45, 2.75) is 107 Å². The molecule has 2 saturated carbocycles. The van der Waals surface area contributed by atoms with Crippen molar-refractivity contribution in [3.8, 4) is 5.75 Å². The van der Waals surface area contributed by atoms with Crippen LogP contribution in [0.1, 0.15) is 97.1 Å². The number of nitrogens with zero attached hydrogens (tertiary/aromatic N) is 9. The molecule has 86 heavy (non-hydrogen) atoms. The number of sulfonamides is 1. The van der Waals surface area contributed by atoms with Crippen molar-refractivity contribution in [3.63, 3.8) is 0 Å². The second kappa shape index (κ2) is 24.0. The third kappa shape index (κ3) is 12.0. The highest BCUT2D eigenvalue weighted by molar-refractivity contribution is 7.90. The van der Waals surface area contributed by atoms with Crippen LogP contribution in [0.25, 0.3) is 11.0 Å². The number of ether oxygens (including phenoxy) is 3. The van der Waals surface area contributed by atoms with E-state index in [2.05, 4.69) is 87.7 Å². The fourth-order valence-corrected chi connectivity index (χ4v) is 15.7. The highest BCUT2D eigenvalue weighted by atomic mass is 32.2. The largest absolute Gasteiger partial charge is 0.493 e. The van der Waals surface area contributed by atoms with Gasteiger partial charge >= 0.3 is 0 Å². The molecule has 4 saturated heterocycles. The SMILES string of the molecule is COc1cc(CN2CCN(C3CC4(CCN(c5ccc(C(=O)NS(=O)(=O)c6ccc(NCC7CCC(C)(O)CC7)c([N+](=O)[O-])c6)c(N6C[C@@H]7COCCN7Cc7nc8[nH]ccc8cc76)c5)CC4)C3)[C@H](c3ccccc3C)C2)cnc1N1CCOCC1. The van der Waals surface area contributed by atoms with Crippen molar-refractivity contribution in [2.75, 3.05) is 119 Å². The van der Waals surface area contributed by atoms with Crippen LogP contribution in [0.4, 0.5) is 34.3 Å². The summed E-state index contributed by atoms with van der Waals surface area (Å²) in [5.74, 6) is 1.01. The maximum atomic E-state index is 14.9. The maximum absolute atomic E-state index is 14.9. The number of rotatable bonds is 15. The second-order valence-corrected chi connectivity index (χ2v) is 27.1. The molecule has 2 atom stereocenters. The predicted molar refractivity (Wildman–Crippen MR) is 330 cm³/mol. The normalized spacial score (nSPS) is 24.2. The third-order valence-corrected chi connectivity index (χ3v) is 21.2. The number of carbonyl (C=O) groups is 1. The van der Waals surface area contributed by atoms with E-state index in [1.54, 1.807) is 13.2 Å². The zero-order chi connectivity index (χ0) is 59.3. The van der Waals surface area contributed by atoms with Crippen LogP contribution in [-0.4, -0.2) is 171 Å². The lowest BCUT2D eigenvalue weighted by molar-refractivity contribution is -0.384. The van der Waals surface area contributed by atoms with Crippen molar-refractivity contribution >= 4 is 61.2 Å². The summed E-state index contributed by atoms with van der Waals surface area (Å²) < 4.78 is 48.6. The summed E-state index contributed by atoms with van der Waals surface area (Å²) >= 11 is 0. The number of aromatic nitrogens is 3. The Labute approximate surface area is 503 Å². The van der Waals surface area contributed by atoms with Crippen molar-refractivity contribution in [1.82, 2.24) is 34.4 Å². The summed E-state index contributed by atoms with van der Waals surface area (Å²) in [7, 11) is -2.91. The first-order valence-corrected chi connectivity index (χ1v) is 32.2. The van der Waals surface area contributed by atoms with Crippen LogP contribution in [0.15, 0.2) is 96.2 Å². The summed E-state index contributed by atoms with van der Waals surface area (Å²) in [6.07, 6.45) is 11.0. The van der Waals surface area contributed by atoms with Gasteiger partial charge < -0.3 is 44.3 Å². The van der Waals surface area contributed by atoms with Gasteiger partial charge in [-0.1, -0.05) is 24.3 Å². The van der Waals surface area contributed by atoms with Crippen molar-refractivity contribution in [2.24, 2.45) is 11.3 Å². The molecule has 1 amide bonds. The van der Waals surface area contributed by atoms with Gasteiger partial charge in [0.05, 0.1) is 77.6 Å². The molecule has 13 rings (SSSR count). The number of aliphatic hydroxyl groups is 1. The number of H-pyrrole nitrogens is 1. The van der Waals surface area contributed by atoms with Crippen molar-refractivity contribution in [3.05, 3.63) is 129 Å². The van der Waals surface area contributed by atoms with Crippen LogP contribution < -0.4 is 29.5 Å². The number of piperazine rings is 1. The number of anilines is 5. The van der Waals surface area contributed by atoms with Crippen LogP contribution in [0.5, 0.6) is 5.75 Å². The third-order valence-electron chi connectivity index (χ3n) is 19.8. The topological polar surface area (TPSA) is 227 Å². The Balaban J connectivity index is 0.738. The molecule has 456 valence electrons. The summed E-state index contributed by atoms with van der Waals surface area (Å²) in [5, 5.41) is 27.0. The molecule has 21 nitrogen and oxygen atoms in total. The summed E-state index contributed by atoms with van der Waals surface area (Å²) in [6, 6.07) is 25.1. The highest BCUT2D eigenvalue weighted by Gasteiger charge is 2.50. The smallest absolute Gasteiger partial charge is 0.293 e. The minimum Gasteiger partial charge on any atom is -0.493 e. The molecule has 22 heteroatoms. The molecule has 4 N–H and O–H groups in total. The van der Waals surface area contributed by atoms with E-state index in [9.17, 15) is 28.4 Å². The lowest BCUT2D eigenvalue weighted by Gasteiger charge is -2.58. The van der Waals surface area contributed by atoms with Gasteiger partial charge in [-0.2, -0.15) is 0 Å². The molecule has 0 bridgehead atoms. The summed E-state index contributed by atoms with van der Waals surface area (Å²) in [6.45, 7) is 15.5. The zero-order valence-electron chi connectivity index (χ0n) is 49.6. The van der Waals surface area contributed by atoms with Gasteiger partial charge in [-0.15, -0.1) is 0 Å². The number of aryl methyl sites for hydroxylation is 1. The van der Waals surface area contributed by atoms with Crippen LogP contribution >= 0.6 is 0 Å². The van der Waals surface area contributed by atoms with E-state index in [0.29, 0.717) is 77.2 Å². The van der Waals surface area contributed by atoms with Crippen LogP contribution in [0, 0.1) is 28.4 Å². The van der Waals surface area contributed by atoms with Crippen LogP contribution in [0.2, 0.25) is 0 Å². The molecule has 8 heterocycles.